The lowest BCUT2D eigenvalue weighted by Crippen LogP contribution is -2.17. The van der Waals surface area contributed by atoms with E-state index in [1.165, 1.54) is 137 Å². The first-order valence-corrected chi connectivity index (χ1v) is 22.0. The van der Waals surface area contributed by atoms with Crippen LogP contribution in [0, 0.1) is 0 Å². The van der Waals surface area contributed by atoms with Crippen molar-refractivity contribution < 1.29 is 0 Å². The Labute approximate surface area is 351 Å². The zero-order valence-corrected chi connectivity index (χ0v) is 34.3. The maximum absolute atomic E-state index is 2.65. The van der Waals surface area contributed by atoms with Gasteiger partial charge in [-0.3, -0.25) is 0 Å². The van der Waals surface area contributed by atoms with Crippen LogP contribution in [0.2, 0.25) is 0 Å². The van der Waals surface area contributed by atoms with E-state index in [-0.39, 0.29) is 5.41 Å². The molecule has 13 rings (SSSR count). The van der Waals surface area contributed by atoms with Crippen molar-refractivity contribution in [2.45, 2.75) is 57.8 Å². The standard InChI is InChI=1S/C59H45N/c1-59(2)52-26-7-6-19-45(52)50-34-51(49-33-40-18-11-20-42(40)43-21-12-22-44(43)49)55(35-53(50)59)60(41-30-27-37(28-31-41)36-13-4-3-5-14-36)54-32-29-39-17-9-24-47-46-23-8-15-38-16-10-25-48(56(38)46)58(54)57(39)47/h3-10,13-17,19,23-35H,11-12,18,20-22H2,1-2H3. The van der Waals surface area contributed by atoms with Gasteiger partial charge in [0.2, 0.25) is 0 Å². The summed E-state index contributed by atoms with van der Waals surface area (Å²) in [4.78, 5) is 2.65. The van der Waals surface area contributed by atoms with Crippen molar-refractivity contribution in [3.63, 3.8) is 0 Å². The number of hydrogen-bond donors (Lipinski definition) is 0. The molecule has 0 amide bonds. The third-order valence-electron chi connectivity index (χ3n) is 14.7. The number of hydrogen-bond acceptors (Lipinski definition) is 1. The highest BCUT2D eigenvalue weighted by Gasteiger charge is 2.38. The largest absolute Gasteiger partial charge is 0.309 e. The SMILES string of the molecule is CC1(C)c2ccccc2-c2cc(-c3cc4c(c5c3CCC5)CCC4)c(N(c3ccc(-c4ccccc4)cc3)c3ccc4cccc5c6cccc7cccc(c3c45)c76)cc21. The summed E-state index contributed by atoms with van der Waals surface area (Å²) in [7, 11) is 0. The second-order valence-corrected chi connectivity index (χ2v) is 18.1. The van der Waals surface area contributed by atoms with E-state index < -0.39 is 0 Å². The van der Waals surface area contributed by atoms with Crippen LogP contribution < -0.4 is 4.90 Å². The van der Waals surface area contributed by atoms with E-state index in [9.17, 15) is 0 Å². The Morgan fingerprint density at radius 2 is 1.07 bits per heavy atom. The van der Waals surface area contributed by atoms with Crippen LogP contribution in [0.4, 0.5) is 17.1 Å². The Kier molecular flexibility index (Phi) is 7.21. The summed E-state index contributed by atoms with van der Waals surface area (Å²) in [6.07, 6.45) is 7.25. The lowest BCUT2D eigenvalue weighted by Gasteiger charge is -2.32. The monoisotopic (exact) mass is 767 g/mol. The smallest absolute Gasteiger partial charge is 0.0547 e. The van der Waals surface area contributed by atoms with E-state index in [2.05, 4.69) is 183 Å². The Balaban J connectivity index is 1.18. The predicted molar refractivity (Wildman–Crippen MR) is 255 cm³/mol. The van der Waals surface area contributed by atoms with Crippen LogP contribution in [0.15, 0.2) is 164 Å². The minimum absolute atomic E-state index is 0.155. The molecule has 10 aromatic carbocycles. The summed E-state index contributed by atoms with van der Waals surface area (Å²) in [5.41, 5.74) is 20.8. The lowest BCUT2D eigenvalue weighted by atomic mass is 9.81. The third kappa shape index (κ3) is 4.75. The van der Waals surface area contributed by atoms with Gasteiger partial charge in [-0.1, -0.05) is 147 Å². The van der Waals surface area contributed by atoms with E-state index in [1.54, 1.807) is 22.3 Å². The van der Waals surface area contributed by atoms with Gasteiger partial charge < -0.3 is 4.90 Å². The Morgan fingerprint density at radius 1 is 0.400 bits per heavy atom. The van der Waals surface area contributed by atoms with E-state index in [4.69, 9.17) is 0 Å². The van der Waals surface area contributed by atoms with Crippen LogP contribution in [-0.2, 0) is 31.1 Å². The molecule has 10 aromatic rings. The average Bonchev–Trinajstić information content (AvgIpc) is 4.03. The maximum Gasteiger partial charge on any atom is 0.0547 e. The molecule has 0 aromatic heterocycles. The summed E-state index contributed by atoms with van der Waals surface area (Å²) in [6.45, 7) is 4.85. The first-order valence-electron chi connectivity index (χ1n) is 22.0. The van der Waals surface area contributed by atoms with Gasteiger partial charge >= 0.3 is 0 Å². The van der Waals surface area contributed by atoms with Crippen molar-refractivity contribution in [1.29, 1.82) is 0 Å². The van der Waals surface area contributed by atoms with Gasteiger partial charge in [0.25, 0.3) is 0 Å². The molecule has 3 aliphatic rings. The molecule has 1 heteroatoms. The van der Waals surface area contributed by atoms with Gasteiger partial charge in [-0.15, -0.1) is 0 Å². The average molecular weight is 768 g/mol. The minimum atomic E-state index is -0.155. The van der Waals surface area contributed by atoms with Crippen molar-refractivity contribution in [1.82, 2.24) is 0 Å². The topological polar surface area (TPSA) is 3.24 Å². The molecule has 0 saturated carbocycles. The van der Waals surface area contributed by atoms with Crippen molar-refractivity contribution in [2.24, 2.45) is 0 Å². The summed E-state index contributed by atoms with van der Waals surface area (Å²) in [6, 6.07) is 62.6. The molecular formula is C59H45N. The van der Waals surface area contributed by atoms with Crippen LogP contribution in [0.3, 0.4) is 0 Å². The van der Waals surface area contributed by atoms with E-state index in [0.717, 1.165) is 6.42 Å². The van der Waals surface area contributed by atoms with E-state index in [0.29, 0.717) is 0 Å². The third-order valence-corrected chi connectivity index (χ3v) is 14.7. The molecular weight excluding hydrogens is 723 g/mol. The molecule has 0 heterocycles. The van der Waals surface area contributed by atoms with Gasteiger partial charge in [0.15, 0.2) is 0 Å². The van der Waals surface area contributed by atoms with Crippen molar-refractivity contribution in [3.05, 3.63) is 197 Å². The predicted octanol–water partition coefficient (Wildman–Crippen LogP) is 15.8. The minimum Gasteiger partial charge on any atom is -0.309 e. The second-order valence-electron chi connectivity index (χ2n) is 18.1. The van der Waals surface area contributed by atoms with Crippen LogP contribution >= 0.6 is 0 Å². The summed E-state index contributed by atoms with van der Waals surface area (Å²) >= 11 is 0. The molecule has 3 aliphatic carbocycles. The number of aryl methyl sites for hydroxylation is 1. The fourth-order valence-electron chi connectivity index (χ4n) is 12.0. The molecule has 0 spiro atoms. The molecule has 0 radical (unpaired) electrons. The van der Waals surface area contributed by atoms with Crippen LogP contribution in [0.5, 0.6) is 0 Å². The molecule has 0 saturated heterocycles. The van der Waals surface area contributed by atoms with Gasteiger partial charge in [-0.05, 0) is 168 Å². The highest BCUT2D eigenvalue weighted by Crippen LogP contribution is 2.56. The zero-order valence-electron chi connectivity index (χ0n) is 34.3. The van der Waals surface area contributed by atoms with Gasteiger partial charge in [-0.25, -0.2) is 0 Å². The van der Waals surface area contributed by atoms with Gasteiger partial charge in [0, 0.05) is 22.1 Å². The maximum atomic E-state index is 2.65. The molecule has 0 bridgehead atoms. The Morgan fingerprint density at radius 3 is 1.88 bits per heavy atom. The number of benzene rings is 10. The van der Waals surface area contributed by atoms with E-state index >= 15 is 0 Å². The van der Waals surface area contributed by atoms with E-state index in [1.807, 2.05) is 0 Å². The highest BCUT2D eigenvalue weighted by molar-refractivity contribution is 6.35. The van der Waals surface area contributed by atoms with Crippen molar-refractivity contribution in [3.8, 4) is 33.4 Å². The van der Waals surface area contributed by atoms with Gasteiger partial charge in [-0.2, -0.15) is 0 Å². The quantitative estimate of drug-likeness (QED) is 0.125. The van der Waals surface area contributed by atoms with Gasteiger partial charge in [0.05, 0.1) is 11.4 Å². The fraction of sp³-hybridized carbons (Fsp3) is 0.153. The van der Waals surface area contributed by atoms with Crippen molar-refractivity contribution in [2.75, 3.05) is 4.90 Å². The first kappa shape index (κ1) is 34.2. The normalized spacial score (nSPS) is 14.9. The zero-order chi connectivity index (χ0) is 39.7. The second kappa shape index (κ2) is 12.7. The number of rotatable bonds is 5. The number of fused-ring (bicyclic) bond motifs is 8. The molecule has 0 N–H and O–H groups in total. The number of anilines is 3. The molecule has 0 unspecified atom stereocenters. The van der Waals surface area contributed by atoms with Crippen LogP contribution in [0.25, 0.3) is 76.5 Å². The lowest BCUT2D eigenvalue weighted by molar-refractivity contribution is 0.660. The summed E-state index contributed by atoms with van der Waals surface area (Å²) < 4.78 is 0. The van der Waals surface area contributed by atoms with Crippen molar-refractivity contribution >= 4 is 60.2 Å². The van der Waals surface area contributed by atoms with Crippen LogP contribution in [0.1, 0.15) is 60.1 Å². The fourth-order valence-corrected chi connectivity index (χ4v) is 12.0. The molecule has 0 atom stereocenters. The molecule has 1 nitrogen and oxygen atoms in total. The molecule has 60 heavy (non-hydrogen) atoms. The number of nitrogens with zero attached hydrogens (tertiary/aromatic N) is 1. The molecule has 0 aliphatic heterocycles. The highest BCUT2D eigenvalue weighted by atomic mass is 15.1. The Bertz CT molecular complexity index is 3380. The molecule has 0 fully saturated rings. The molecule has 286 valence electrons. The van der Waals surface area contributed by atoms with Gasteiger partial charge in [0.1, 0.15) is 0 Å². The first-order chi connectivity index (χ1) is 29.5. The van der Waals surface area contributed by atoms with Crippen LogP contribution in [-0.4, -0.2) is 0 Å². The summed E-state index contributed by atoms with van der Waals surface area (Å²) in [5.74, 6) is 0. The summed E-state index contributed by atoms with van der Waals surface area (Å²) in [5, 5.41) is 10.5. The Hall–Kier alpha value is -6.70.